The molecule has 0 aliphatic rings. The monoisotopic (exact) mass is 520 g/mol. The number of likely N-dealkylation sites (N-methyl/N-ethyl adjacent to an activating group) is 1. The van der Waals surface area contributed by atoms with Gasteiger partial charge in [-0.3, -0.25) is 4.79 Å². The molecular weight excluding hydrogens is 497 g/mol. The molecule has 0 aliphatic heterocycles. The van der Waals surface area contributed by atoms with Gasteiger partial charge in [0.25, 0.3) is 10.0 Å². The molecule has 13 heteroatoms. The van der Waals surface area contributed by atoms with Gasteiger partial charge in [-0.25, -0.2) is 13.1 Å². The highest BCUT2D eigenvalue weighted by Gasteiger charge is 2.29. The van der Waals surface area contributed by atoms with Crippen LogP contribution in [0.15, 0.2) is 46.7 Å². The number of sulfonamides is 1. The molecule has 2 N–H and O–H groups in total. The summed E-state index contributed by atoms with van der Waals surface area (Å²) in [5.41, 5.74) is 0.845. The molecule has 2 rings (SSSR count). The Morgan fingerprint density at radius 1 is 1.12 bits per heavy atom. The maximum atomic E-state index is 12.6. The summed E-state index contributed by atoms with van der Waals surface area (Å²) in [4.78, 5) is 20.5. The Kier molecular flexibility index (Phi) is 10.3. The van der Waals surface area contributed by atoms with Gasteiger partial charge in [-0.05, 0) is 24.3 Å². The molecule has 0 unspecified atom stereocenters. The molecule has 186 valence electrons. The molecule has 34 heavy (non-hydrogen) atoms. The Balaban J connectivity index is 0.000000718. The number of hydrogen-bond donors (Lipinski definition) is 2. The fourth-order valence-electron chi connectivity index (χ4n) is 2.48. The minimum absolute atomic E-state index is 0.122. The maximum absolute atomic E-state index is 12.6. The van der Waals surface area contributed by atoms with E-state index in [0.29, 0.717) is 15.9 Å². The molecule has 1 aromatic carbocycles. The van der Waals surface area contributed by atoms with E-state index in [0.717, 1.165) is 16.9 Å². The molecule has 1 aromatic heterocycles. The summed E-state index contributed by atoms with van der Waals surface area (Å²) in [5.74, 6) is 1.89. The number of hydrogen-bond acceptors (Lipinski definition) is 6. The number of carbonyl (C=O) groups is 2. The van der Waals surface area contributed by atoms with Gasteiger partial charge in [0.15, 0.2) is 0 Å². The Hall–Kier alpha value is -2.92. The van der Waals surface area contributed by atoms with Crippen molar-refractivity contribution in [2.75, 3.05) is 27.7 Å². The van der Waals surface area contributed by atoms with Crippen molar-refractivity contribution in [3.8, 4) is 11.8 Å². The smallest absolute Gasteiger partial charge is 0.430 e. The average Bonchev–Trinajstić information content (AvgIpc) is 3.15. The highest BCUT2D eigenvalue weighted by Crippen LogP contribution is 2.21. The van der Waals surface area contributed by atoms with E-state index in [1.54, 1.807) is 6.07 Å². The normalized spacial score (nSPS) is 12.5. The van der Waals surface area contributed by atoms with Gasteiger partial charge < -0.3 is 19.5 Å². The van der Waals surface area contributed by atoms with Crippen molar-refractivity contribution < 1.29 is 45.9 Å². The number of nitrogens with zero attached hydrogens (tertiary/aromatic N) is 1. The zero-order valence-electron chi connectivity index (χ0n) is 18.4. The van der Waals surface area contributed by atoms with Crippen LogP contribution >= 0.6 is 11.3 Å². The SMILES string of the molecule is C[N+](C)(C)C[C@@H](CC(=O)O)NS(=O)(=O)c1ccc(C#Cc2ccccc2)s1.O=C([O-])C(F)(F)F. The van der Waals surface area contributed by atoms with Crippen LogP contribution in [0.3, 0.4) is 0 Å². The number of aliphatic carboxylic acids is 2. The first-order valence-corrected chi connectivity index (χ1v) is 11.8. The third-order valence-corrected chi connectivity index (χ3v) is 6.71. The minimum Gasteiger partial charge on any atom is -0.542 e. The molecule has 0 aliphatic carbocycles. The third-order valence-electron chi connectivity index (χ3n) is 3.69. The molecule has 0 fully saturated rings. The van der Waals surface area contributed by atoms with Crippen LogP contribution < -0.4 is 9.83 Å². The Morgan fingerprint density at radius 2 is 1.68 bits per heavy atom. The van der Waals surface area contributed by atoms with Gasteiger partial charge in [0.2, 0.25) is 0 Å². The number of carboxylic acid groups (broad SMARTS) is 2. The van der Waals surface area contributed by atoms with E-state index >= 15 is 0 Å². The maximum Gasteiger partial charge on any atom is 0.430 e. The number of carboxylic acids is 2. The summed E-state index contributed by atoms with van der Waals surface area (Å²) >= 11 is 1.06. The van der Waals surface area contributed by atoms with E-state index in [9.17, 15) is 26.4 Å². The van der Waals surface area contributed by atoms with Gasteiger partial charge in [-0.2, -0.15) is 13.2 Å². The van der Waals surface area contributed by atoms with Crippen molar-refractivity contribution in [3.05, 3.63) is 52.9 Å². The number of carbonyl (C=O) groups excluding carboxylic acids is 1. The van der Waals surface area contributed by atoms with E-state index in [-0.39, 0.29) is 10.6 Å². The highest BCUT2D eigenvalue weighted by atomic mass is 32.2. The standard InChI is InChI=1S/C19H22N2O4S2.C2HF3O2/c1-21(2,3)14-16(13-18(22)23)20-27(24,25)19-12-11-17(26-19)10-9-15-7-5-4-6-8-15;3-2(4,5)1(6)7/h4-8,11-12,16,20H,13-14H2,1-3H3;(H,6,7)/t16-;/m1./s1. The fourth-order valence-corrected chi connectivity index (χ4v) is 4.88. The number of benzene rings is 1. The van der Waals surface area contributed by atoms with Gasteiger partial charge in [-0.1, -0.05) is 30.0 Å². The van der Waals surface area contributed by atoms with Crippen LogP contribution in [0.4, 0.5) is 13.2 Å². The summed E-state index contributed by atoms with van der Waals surface area (Å²) in [5, 5.41) is 17.9. The van der Waals surface area contributed by atoms with Crippen LogP contribution in [0.2, 0.25) is 0 Å². The number of quaternary nitrogens is 1. The van der Waals surface area contributed by atoms with Crippen LogP contribution in [0.5, 0.6) is 0 Å². The van der Waals surface area contributed by atoms with E-state index in [2.05, 4.69) is 16.6 Å². The first kappa shape index (κ1) is 29.1. The van der Waals surface area contributed by atoms with Gasteiger partial charge in [0.05, 0.1) is 45.0 Å². The van der Waals surface area contributed by atoms with Crippen molar-refractivity contribution >= 4 is 33.3 Å². The largest absolute Gasteiger partial charge is 0.542 e. The summed E-state index contributed by atoms with van der Waals surface area (Å²) in [6, 6.07) is 11.9. The van der Waals surface area contributed by atoms with Crippen LogP contribution in [0, 0.1) is 11.8 Å². The number of halogens is 3. The molecular formula is C21H23F3N2O6S2. The van der Waals surface area contributed by atoms with Gasteiger partial charge in [0, 0.05) is 5.56 Å². The van der Waals surface area contributed by atoms with Gasteiger partial charge >= 0.3 is 12.1 Å². The Morgan fingerprint density at radius 3 is 2.15 bits per heavy atom. The number of rotatable bonds is 7. The summed E-state index contributed by atoms with van der Waals surface area (Å²) in [6.45, 7) is 0.359. The first-order chi connectivity index (χ1) is 15.5. The number of thiophene rings is 1. The van der Waals surface area contributed by atoms with Crippen LogP contribution in [-0.4, -0.2) is 69.9 Å². The van der Waals surface area contributed by atoms with Crippen LogP contribution in [0.1, 0.15) is 16.9 Å². The van der Waals surface area contributed by atoms with Gasteiger partial charge in [0.1, 0.15) is 10.2 Å². The van der Waals surface area contributed by atoms with Crippen molar-refractivity contribution in [1.29, 1.82) is 0 Å². The summed E-state index contributed by atoms with van der Waals surface area (Å²) in [7, 11) is 1.83. The quantitative estimate of drug-likeness (QED) is 0.419. The van der Waals surface area contributed by atoms with Crippen molar-refractivity contribution in [1.82, 2.24) is 4.72 Å². The molecule has 8 nitrogen and oxygen atoms in total. The molecule has 0 saturated heterocycles. The lowest BCUT2D eigenvalue weighted by atomic mass is 10.2. The topological polar surface area (TPSA) is 124 Å². The molecule has 0 bridgehead atoms. The van der Waals surface area contributed by atoms with Crippen molar-refractivity contribution in [2.24, 2.45) is 0 Å². The van der Waals surface area contributed by atoms with E-state index < -0.39 is 34.2 Å². The van der Waals surface area contributed by atoms with E-state index in [4.69, 9.17) is 15.0 Å². The van der Waals surface area contributed by atoms with Gasteiger partial charge in [-0.15, -0.1) is 11.3 Å². The Labute approximate surface area is 199 Å². The lowest BCUT2D eigenvalue weighted by Crippen LogP contribution is -2.49. The summed E-state index contributed by atoms with van der Waals surface area (Å²) < 4.78 is 59.9. The number of alkyl halides is 3. The minimum atomic E-state index is -5.19. The zero-order chi connectivity index (χ0) is 26.2. The fraction of sp³-hybridized carbons (Fsp3) is 0.333. The predicted molar refractivity (Wildman–Crippen MR) is 117 cm³/mol. The average molecular weight is 521 g/mol. The lowest BCUT2D eigenvalue weighted by Gasteiger charge is -2.28. The Bertz CT molecular complexity index is 1140. The molecule has 0 spiro atoms. The van der Waals surface area contributed by atoms with E-state index in [1.807, 2.05) is 51.5 Å². The zero-order valence-corrected chi connectivity index (χ0v) is 20.1. The summed E-state index contributed by atoms with van der Waals surface area (Å²) in [6.07, 6.45) is -5.47. The van der Waals surface area contributed by atoms with E-state index in [1.165, 1.54) is 6.07 Å². The molecule has 0 amide bonds. The van der Waals surface area contributed by atoms with Crippen molar-refractivity contribution in [3.63, 3.8) is 0 Å². The molecule has 2 aromatic rings. The lowest BCUT2D eigenvalue weighted by molar-refractivity contribution is -0.871. The van der Waals surface area contributed by atoms with Crippen molar-refractivity contribution in [2.45, 2.75) is 22.8 Å². The molecule has 1 atom stereocenters. The second-order valence-electron chi connectivity index (χ2n) is 7.91. The first-order valence-electron chi connectivity index (χ1n) is 9.49. The van der Waals surface area contributed by atoms with Crippen LogP contribution in [0.25, 0.3) is 0 Å². The molecule has 0 saturated carbocycles. The predicted octanol–water partition coefficient (Wildman–Crippen LogP) is 1.27. The molecule has 1 heterocycles. The highest BCUT2D eigenvalue weighted by molar-refractivity contribution is 7.91. The third kappa shape index (κ3) is 11.3. The van der Waals surface area contributed by atoms with Crippen LogP contribution in [-0.2, 0) is 19.6 Å². The second kappa shape index (κ2) is 12.0. The number of nitrogens with one attached hydrogen (secondary N) is 1. The second-order valence-corrected chi connectivity index (χ2v) is 10.9. The molecule has 0 radical (unpaired) electrons.